The summed E-state index contributed by atoms with van der Waals surface area (Å²) in [6.45, 7) is 3.38. The second-order valence-corrected chi connectivity index (χ2v) is 4.79. The van der Waals surface area contributed by atoms with Gasteiger partial charge in [0.15, 0.2) is 0 Å². The van der Waals surface area contributed by atoms with Gasteiger partial charge in [0.1, 0.15) is 5.75 Å². The van der Waals surface area contributed by atoms with Crippen molar-refractivity contribution in [2.75, 3.05) is 5.32 Å². The van der Waals surface area contributed by atoms with Crippen LogP contribution >= 0.6 is 0 Å². The highest BCUT2D eigenvalue weighted by atomic mass is 16.4. The third-order valence-electron chi connectivity index (χ3n) is 3.17. The molecular formula is C16H15NO4. The number of aryl methyl sites for hydroxylation is 2. The summed E-state index contributed by atoms with van der Waals surface area (Å²) in [5.41, 5.74) is 2.33. The van der Waals surface area contributed by atoms with Crippen molar-refractivity contribution in [3.63, 3.8) is 0 Å². The lowest BCUT2D eigenvalue weighted by Crippen LogP contribution is -2.12. The van der Waals surface area contributed by atoms with Crippen molar-refractivity contribution < 1.29 is 19.8 Å². The minimum atomic E-state index is -1.00. The van der Waals surface area contributed by atoms with E-state index in [1.807, 2.05) is 0 Å². The number of phenolic OH excluding ortho intramolecular Hbond substituents is 1. The molecular weight excluding hydrogens is 270 g/mol. The molecule has 1 amide bonds. The van der Waals surface area contributed by atoms with Gasteiger partial charge in [0, 0.05) is 11.3 Å². The first-order chi connectivity index (χ1) is 9.88. The molecule has 0 bridgehead atoms. The third-order valence-corrected chi connectivity index (χ3v) is 3.17. The van der Waals surface area contributed by atoms with Gasteiger partial charge in [-0.3, -0.25) is 4.79 Å². The average Bonchev–Trinajstić information content (AvgIpc) is 2.41. The predicted molar refractivity (Wildman–Crippen MR) is 78.9 cm³/mol. The van der Waals surface area contributed by atoms with Crippen molar-refractivity contribution in [2.24, 2.45) is 0 Å². The highest BCUT2D eigenvalue weighted by Gasteiger charge is 2.11. The number of carboxylic acids is 1. The Kier molecular flexibility index (Phi) is 3.93. The monoisotopic (exact) mass is 285 g/mol. The van der Waals surface area contributed by atoms with Crippen molar-refractivity contribution in [3.05, 3.63) is 58.7 Å². The van der Waals surface area contributed by atoms with E-state index in [1.165, 1.54) is 18.2 Å². The molecule has 0 atom stereocenters. The van der Waals surface area contributed by atoms with Crippen LogP contribution in [-0.4, -0.2) is 22.1 Å². The number of anilines is 1. The van der Waals surface area contributed by atoms with E-state index in [0.717, 1.165) is 0 Å². The minimum Gasteiger partial charge on any atom is -0.508 e. The van der Waals surface area contributed by atoms with E-state index in [0.29, 0.717) is 22.4 Å². The molecule has 0 heterocycles. The second-order valence-electron chi connectivity index (χ2n) is 4.79. The summed E-state index contributed by atoms with van der Waals surface area (Å²) in [6, 6.07) is 9.17. The van der Waals surface area contributed by atoms with E-state index in [4.69, 9.17) is 5.11 Å². The Morgan fingerprint density at radius 1 is 1.00 bits per heavy atom. The van der Waals surface area contributed by atoms with Gasteiger partial charge in [0.25, 0.3) is 5.91 Å². The molecule has 0 unspecified atom stereocenters. The zero-order valence-corrected chi connectivity index (χ0v) is 11.7. The summed E-state index contributed by atoms with van der Waals surface area (Å²) in [7, 11) is 0. The number of hydrogen-bond donors (Lipinski definition) is 3. The number of aromatic hydroxyl groups is 1. The number of benzene rings is 2. The number of aromatic carboxylic acids is 1. The topological polar surface area (TPSA) is 86.6 Å². The zero-order valence-electron chi connectivity index (χ0n) is 11.7. The van der Waals surface area contributed by atoms with Crippen LogP contribution in [0.15, 0.2) is 36.4 Å². The van der Waals surface area contributed by atoms with Crippen LogP contribution in [0, 0.1) is 13.8 Å². The first-order valence-corrected chi connectivity index (χ1v) is 6.33. The van der Waals surface area contributed by atoms with Crippen molar-refractivity contribution in [2.45, 2.75) is 13.8 Å². The van der Waals surface area contributed by atoms with Crippen LogP contribution in [-0.2, 0) is 0 Å². The van der Waals surface area contributed by atoms with Crippen LogP contribution in [0.4, 0.5) is 5.69 Å². The average molecular weight is 285 g/mol. The fourth-order valence-electron chi connectivity index (χ4n) is 1.98. The van der Waals surface area contributed by atoms with Gasteiger partial charge in [-0.15, -0.1) is 0 Å². The van der Waals surface area contributed by atoms with Crippen molar-refractivity contribution >= 4 is 17.6 Å². The van der Waals surface area contributed by atoms with Gasteiger partial charge in [-0.05, 0) is 61.4 Å². The molecule has 2 aromatic carbocycles. The highest BCUT2D eigenvalue weighted by Crippen LogP contribution is 2.19. The maximum absolute atomic E-state index is 12.1. The maximum Gasteiger partial charge on any atom is 0.335 e. The molecule has 2 rings (SSSR count). The Bertz CT molecular complexity index is 722. The van der Waals surface area contributed by atoms with Crippen LogP contribution in [0.5, 0.6) is 5.75 Å². The number of carbonyl (C=O) groups excluding carboxylic acids is 1. The first kappa shape index (κ1) is 14.6. The molecule has 0 fully saturated rings. The van der Waals surface area contributed by atoms with Gasteiger partial charge in [0.2, 0.25) is 0 Å². The third kappa shape index (κ3) is 3.20. The Morgan fingerprint density at radius 3 is 2.29 bits per heavy atom. The SMILES string of the molecule is Cc1cc(C(=O)Nc2ccc(C(=O)O)c(C)c2)ccc1O. The molecule has 2 aromatic rings. The van der Waals surface area contributed by atoms with E-state index in [9.17, 15) is 14.7 Å². The van der Waals surface area contributed by atoms with Gasteiger partial charge in [0.05, 0.1) is 5.56 Å². The van der Waals surface area contributed by atoms with E-state index >= 15 is 0 Å². The lowest BCUT2D eigenvalue weighted by molar-refractivity contribution is 0.0696. The van der Waals surface area contributed by atoms with Crippen molar-refractivity contribution in [3.8, 4) is 5.75 Å². The summed E-state index contributed by atoms with van der Waals surface area (Å²) in [4.78, 5) is 23.0. The lowest BCUT2D eigenvalue weighted by Gasteiger charge is -2.09. The molecule has 108 valence electrons. The van der Waals surface area contributed by atoms with Gasteiger partial charge in [-0.25, -0.2) is 4.79 Å². The normalized spacial score (nSPS) is 10.2. The van der Waals surface area contributed by atoms with Crippen LogP contribution in [0.25, 0.3) is 0 Å². The quantitative estimate of drug-likeness (QED) is 0.809. The molecule has 0 saturated heterocycles. The molecule has 5 nitrogen and oxygen atoms in total. The second kappa shape index (κ2) is 5.66. The Balaban J connectivity index is 2.21. The van der Waals surface area contributed by atoms with Gasteiger partial charge >= 0.3 is 5.97 Å². The summed E-state index contributed by atoms with van der Waals surface area (Å²) < 4.78 is 0. The van der Waals surface area contributed by atoms with E-state index in [2.05, 4.69) is 5.32 Å². The Labute approximate surface area is 121 Å². The number of amides is 1. The molecule has 0 aliphatic heterocycles. The maximum atomic E-state index is 12.1. The number of rotatable bonds is 3. The number of carboxylic acid groups (broad SMARTS) is 1. The fraction of sp³-hybridized carbons (Fsp3) is 0.125. The van der Waals surface area contributed by atoms with Crippen LogP contribution < -0.4 is 5.32 Å². The number of phenols is 1. The summed E-state index contributed by atoms with van der Waals surface area (Å²) >= 11 is 0. The number of carbonyl (C=O) groups is 2. The summed E-state index contributed by atoms with van der Waals surface area (Å²) in [5.74, 6) is -1.19. The van der Waals surface area contributed by atoms with E-state index in [-0.39, 0.29) is 17.2 Å². The number of nitrogens with one attached hydrogen (secondary N) is 1. The van der Waals surface area contributed by atoms with Crippen LogP contribution in [0.2, 0.25) is 0 Å². The van der Waals surface area contributed by atoms with E-state index in [1.54, 1.807) is 32.0 Å². The zero-order chi connectivity index (χ0) is 15.6. The Morgan fingerprint density at radius 2 is 1.71 bits per heavy atom. The molecule has 0 saturated carbocycles. The molecule has 3 N–H and O–H groups in total. The highest BCUT2D eigenvalue weighted by molar-refractivity contribution is 6.04. The van der Waals surface area contributed by atoms with Crippen molar-refractivity contribution in [1.29, 1.82) is 0 Å². The molecule has 0 aliphatic carbocycles. The largest absolute Gasteiger partial charge is 0.508 e. The molecule has 0 aliphatic rings. The minimum absolute atomic E-state index is 0.133. The predicted octanol–water partition coefficient (Wildman–Crippen LogP) is 2.96. The molecule has 0 aromatic heterocycles. The molecule has 0 spiro atoms. The van der Waals surface area contributed by atoms with Gasteiger partial charge < -0.3 is 15.5 Å². The van der Waals surface area contributed by atoms with Crippen molar-refractivity contribution in [1.82, 2.24) is 0 Å². The Hall–Kier alpha value is -2.82. The summed E-state index contributed by atoms with van der Waals surface area (Å²) in [6.07, 6.45) is 0. The lowest BCUT2D eigenvalue weighted by atomic mass is 10.1. The standard InChI is InChI=1S/C16H15NO4/c1-9-8-12(4-5-13(9)16(20)21)17-15(19)11-3-6-14(18)10(2)7-11/h3-8,18H,1-2H3,(H,17,19)(H,20,21). The number of hydrogen-bond acceptors (Lipinski definition) is 3. The van der Waals surface area contributed by atoms with Crippen LogP contribution in [0.3, 0.4) is 0 Å². The van der Waals surface area contributed by atoms with Crippen LogP contribution in [0.1, 0.15) is 31.8 Å². The molecule has 5 heteroatoms. The smallest absolute Gasteiger partial charge is 0.335 e. The molecule has 21 heavy (non-hydrogen) atoms. The van der Waals surface area contributed by atoms with E-state index < -0.39 is 5.97 Å². The summed E-state index contributed by atoms with van der Waals surface area (Å²) in [5, 5.41) is 21.1. The fourth-order valence-corrected chi connectivity index (χ4v) is 1.98. The molecule has 0 radical (unpaired) electrons. The van der Waals surface area contributed by atoms with Gasteiger partial charge in [-0.2, -0.15) is 0 Å². The van der Waals surface area contributed by atoms with Gasteiger partial charge in [-0.1, -0.05) is 0 Å². The first-order valence-electron chi connectivity index (χ1n) is 6.33.